The van der Waals surface area contributed by atoms with Crippen molar-refractivity contribution in [3.63, 3.8) is 0 Å². The zero-order chi connectivity index (χ0) is 8.27. The van der Waals surface area contributed by atoms with E-state index in [-0.39, 0.29) is 0 Å². The molecule has 58 valence electrons. The van der Waals surface area contributed by atoms with E-state index in [0.29, 0.717) is 10.7 Å². The number of rotatable bonds is 1. The van der Waals surface area contributed by atoms with Crippen LogP contribution in [0.25, 0.3) is 0 Å². The van der Waals surface area contributed by atoms with E-state index in [1.807, 2.05) is 24.5 Å². The van der Waals surface area contributed by atoms with Crippen molar-refractivity contribution in [1.29, 1.82) is 5.41 Å². The van der Waals surface area contributed by atoms with Gasteiger partial charge in [0.05, 0.1) is 5.04 Å². The van der Waals surface area contributed by atoms with E-state index in [0.717, 1.165) is 5.56 Å². The molecule has 3 heteroatoms. The maximum Gasteiger partial charge on any atom is 0.0960 e. The van der Waals surface area contributed by atoms with Gasteiger partial charge in [0.25, 0.3) is 0 Å². The summed E-state index contributed by atoms with van der Waals surface area (Å²) in [7, 11) is 0. The summed E-state index contributed by atoms with van der Waals surface area (Å²) in [5.41, 5.74) is 7.14. The first-order valence-electron chi connectivity index (χ1n) is 3.23. The summed E-state index contributed by atoms with van der Waals surface area (Å²) in [6, 6.07) is 7.41. The molecule has 0 atom stereocenters. The Hall–Kier alpha value is -0.960. The SMILES string of the molecule is CSC(=N)c1ccccc1N. The van der Waals surface area contributed by atoms with Crippen LogP contribution in [-0.4, -0.2) is 11.3 Å². The average molecular weight is 166 g/mol. The summed E-state index contributed by atoms with van der Waals surface area (Å²) < 4.78 is 0. The second kappa shape index (κ2) is 3.44. The predicted molar refractivity (Wildman–Crippen MR) is 51.2 cm³/mol. The molecule has 0 amide bonds. The minimum Gasteiger partial charge on any atom is -0.398 e. The number of thioether (sulfide) groups is 1. The number of hydrogen-bond donors (Lipinski definition) is 2. The monoisotopic (exact) mass is 166 g/mol. The van der Waals surface area contributed by atoms with Crippen molar-refractivity contribution in [2.24, 2.45) is 0 Å². The molecule has 0 aliphatic carbocycles. The summed E-state index contributed by atoms with van der Waals surface area (Å²) >= 11 is 1.40. The topological polar surface area (TPSA) is 49.9 Å². The number of anilines is 1. The van der Waals surface area contributed by atoms with Crippen LogP contribution in [0.4, 0.5) is 5.69 Å². The van der Waals surface area contributed by atoms with Gasteiger partial charge in [-0.2, -0.15) is 0 Å². The molecule has 0 radical (unpaired) electrons. The standard InChI is InChI=1S/C8H10N2S/c1-11-8(10)6-4-2-3-5-7(6)9/h2-5,10H,9H2,1H3. The van der Waals surface area contributed by atoms with Crippen LogP contribution in [0.15, 0.2) is 24.3 Å². The first-order valence-corrected chi connectivity index (χ1v) is 4.45. The van der Waals surface area contributed by atoms with Crippen LogP contribution in [0.1, 0.15) is 5.56 Å². The van der Waals surface area contributed by atoms with Crippen molar-refractivity contribution in [3.05, 3.63) is 29.8 Å². The molecule has 0 saturated carbocycles. The van der Waals surface area contributed by atoms with Crippen LogP contribution in [0.3, 0.4) is 0 Å². The van der Waals surface area contributed by atoms with Crippen molar-refractivity contribution in [3.8, 4) is 0 Å². The molecule has 1 aromatic rings. The van der Waals surface area contributed by atoms with Gasteiger partial charge < -0.3 is 5.73 Å². The number of para-hydroxylation sites is 1. The number of nitrogens with one attached hydrogen (secondary N) is 1. The molecule has 0 bridgehead atoms. The van der Waals surface area contributed by atoms with Crippen LogP contribution >= 0.6 is 11.8 Å². The van der Waals surface area contributed by atoms with Gasteiger partial charge in [-0.25, -0.2) is 0 Å². The molecule has 0 saturated heterocycles. The van der Waals surface area contributed by atoms with E-state index in [1.54, 1.807) is 6.07 Å². The quantitative estimate of drug-likeness (QED) is 0.380. The Morgan fingerprint density at radius 2 is 2.09 bits per heavy atom. The van der Waals surface area contributed by atoms with Crippen LogP contribution in [0.2, 0.25) is 0 Å². The zero-order valence-electron chi connectivity index (χ0n) is 6.29. The Morgan fingerprint density at radius 3 is 2.64 bits per heavy atom. The zero-order valence-corrected chi connectivity index (χ0v) is 7.11. The molecule has 0 aliphatic heterocycles. The van der Waals surface area contributed by atoms with E-state index in [1.165, 1.54) is 11.8 Å². The van der Waals surface area contributed by atoms with Crippen LogP contribution in [0.5, 0.6) is 0 Å². The van der Waals surface area contributed by atoms with Gasteiger partial charge in [0.2, 0.25) is 0 Å². The third-order valence-corrected chi connectivity index (χ3v) is 2.04. The third-order valence-electron chi connectivity index (χ3n) is 1.41. The average Bonchev–Trinajstić information content (AvgIpc) is 2.04. The highest BCUT2D eigenvalue weighted by Crippen LogP contribution is 2.15. The lowest BCUT2D eigenvalue weighted by Gasteiger charge is -2.02. The van der Waals surface area contributed by atoms with Gasteiger partial charge in [0.15, 0.2) is 0 Å². The fourth-order valence-corrected chi connectivity index (χ4v) is 1.22. The maximum atomic E-state index is 7.50. The first kappa shape index (κ1) is 8.14. The molecule has 3 N–H and O–H groups in total. The van der Waals surface area contributed by atoms with Gasteiger partial charge in [-0.15, -0.1) is 11.8 Å². The minimum absolute atomic E-state index is 0.517. The summed E-state index contributed by atoms with van der Waals surface area (Å²) in [5.74, 6) is 0. The fourth-order valence-electron chi connectivity index (χ4n) is 0.814. The summed E-state index contributed by atoms with van der Waals surface area (Å²) in [6.45, 7) is 0. The molecule has 0 unspecified atom stereocenters. The van der Waals surface area contributed by atoms with Gasteiger partial charge in [0.1, 0.15) is 0 Å². The van der Waals surface area contributed by atoms with E-state index in [4.69, 9.17) is 11.1 Å². The van der Waals surface area contributed by atoms with E-state index in [2.05, 4.69) is 0 Å². The van der Waals surface area contributed by atoms with E-state index in [9.17, 15) is 0 Å². The van der Waals surface area contributed by atoms with Gasteiger partial charge in [-0.05, 0) is 12.3 Å². The summed E-state index contributed by atoms with van der Waals surface area (Å²) in [4.78, 5) is 0. The molecule has 0 fully saturated rings. The van der Waals surface area contributed by atoms with Gasteiger partial charge >= 0.3 is 0 Å². The van der Waals surface area contributed by atoms with Crippen LogP contribution in [-0.2, 0) is 0 Å². The Morgan fingerprint density at radius 1 is 1.45 bits per heavy atom. The molecular weight excluding hydrogens is 156 g/mol. The van der Waals surface area contributed by atoms with E-state index >= 15 is 0 Å². The first-order chi connectivity index (χ1) is 5.25. The Labute approximate surface area is 70.3 Å². The van der Waals surface area contributed by atoms with Gasteiger partial charge in [-0.3, -0.25) is 5.41 Å². The summed E-state index contributed by atoms with van der Waals surface area (Å²) in [6.07, 6.45) is 1.87. The Kier molecular flexibility index (Phi) is 2.54. The molecule has 1 aromatic carbocycles. The lowest BCUT2D eigenvalue weighted by Crippen LogP contribution is -1.98. The molecule has 0 spiro atoms. The van der Waals surface area contributed by atoms with E-state index < -0.39 is 0 Å². The third kappa shape index (κ3) is 1.74. The molecule has 0 heterocycles. The lowest BCUT2D eigenvalue weighted by molar-refractivity contribution is 1.52. The van der Waals surface area contributed by atoms with Crippen LogP contribution in [0, 0.1) is 5.41 Å². The molecule has 0 aliphatic rings. The molecule has 0 aromatic heterocycles. The molecule has 11 heavy (non-hydrogen) atoms. The largest absolute Gasteiger partial charge is 0.398 e. The van der Waals surface area contributed by atoms with Gasteiger partial charge in [0, 0.05) is 11.3 Å². The second-order valence-electron chi connectivity index (χ2n) is 2.12. The molecule has 1 rings (SSSR count). The number of nitrogens with two attached hydrogens (primary N) is 1. The smallest absolute Gasteiger partial charge is 0.0960 e. The number of nitrogen functional groups attached to an aromatic ring is 1. The van der Waals surface area contributed by atoms with Crippen molar-refractivity contribution in [2.75, 3.05) is 12.0 Å². The van der Waals surface area contributed by atoms with Crippen molar-refractivity contribution in [1.82, 2.24) is 0 Å². The highest BCUT2D eigenvalue weighted by Gasteiger charge is 2.01. The normalized spacial score (nSPS) is 9.55. The molecule has 2 nitrogen and oxygen atoms in total. The predicted octanol–water partition coefficient (Wildman–Crippen LogP) is 1.96. The van der Waals surface area contributed by atoms with Gasteiger partial charge in [-0.1, -0.05) is 18.2 Å². The van der Waals surface area contributed by atoms with Crippen molar-refractivity contribution in [2.45, 2.75) is 0 Å². The highest BCUT2D eigenvalue weighted by molar-refractivity contribution is 8.13. The highest BCUT2D eigenvalue weighted by atomic mass is 32.2. The maximum absolute atomic E-state index is 7.50. The Bertz CT molecular complexity index is 271. The minimum atomic E-state index is 0.517. The number of benzene rings is 1. The summed E-state index contributed by atoms with van der Waals surface area (Å²) in [5, 5.41) is 8.02. The van der Waals surface area contributed by atoms with Crippen LogP contribution < -0.4 is 5.73 Å². The molecular formula is C8H10N2S. The number of hydrogen-bond acceptors (Lipinski definition) is 3. The van der Waals surface area contributed by atoms with Crippen molar-refractivity contribution < 1.29 is 0 Å². The van der Waals surface area contributed by atoms with Crippen molar-refractivity contribution >= 4 is 22.5 Å². The fraction of sp³-hybridized carbons (Fsp3) is 0.125. The lowest BCUT2D eigenvalue weighted by atomic mass is 10.2. The Balaban J connectivity index is 3.03. The second-order valence-corrected chi connectivity index (χ2v) is 2.94.